The van der Waals surface area contributed by atoms with Crippen molar-refractivity contribution in [3.63, 3.8) is 0 Å². The van der Waals surface area contributed by atoms with Gasteiger partial charge in [-0.25, -0.2) is 12.8 Å². The molecule has 5 nitrogen and oxygen atoms in total. The topological polar surface area (TPSA) is 74.7 Å². The number of carbonyl (C=O) groups is 1. The summed E-state index contributed by atoms with van der Waals surface area (Å²) in [4.78, 5) is 10.5. The van der Waals surface area contributed by atoms with Crippen molar-refractivity contribution in [2.75, 3.05) is 13.1 Å². The number of nitrogens with zero attached hydrogens (tertiary/aromatic N) is 1. The second-order valence-corrected chi connectivity index (χ2v) is 7.41. The van der Waals surface area contributed by atoms with Gasteiger partial charge in [0.1, 0.15) is 10.7 Å². The van der Waals surface area contributed by atoms with Crippen LogP contribution >= 0.6 is 15.9 Å². The average molecular weight is 366 g/mol. The van der Waals surface area contributed by atoms with Crippen molar-refractivity contribution >= 4 is 31.9 Å². The summed E-state index contributed by atoms with van der Waals surface area (Å²) in [6.45, 7) is 0.177. The minimum atomic E-state index is -3.93. The van der Waals surface area contributed by atoms with E-state index in [0.717, 1.165) is 10.4 Å². The molecule has 0 spiro atoms. The Hall–Kier alpha value is -0.990. The van der Waals surface area contributed by atoms with E-state index < -0.39 is 27.7 Å². The lowest BCUT2D eigenvalue weighted by Gasteiger charge is -2.29. The summed E-state index contributed by atoms with van der Waals surface area (Å²) >= 11 is 3.11. The molecule has 0 radical (unpaired) electrons. The second-order valence-electron chi connectivity index (χ2n) is 4.59. The van der Waals surface area contributed by atoms with E-state index >= 15 is 0 Å². The fraction of sp³-hybridized carbons (Fsp3) is 0.417. The molecule has 1 aromatic rings. The number of sulfonamides is 1. The van der Waals surface area contributed by atoms with Gasteiger partial charge in [-0.2, -0.15) is 4.31 Å². The molecule has 0 amide bonds. The summed E-state index contributed by atoms with van der Waals surface area (Å²) in [6.07, 6.45) is 0.481. The molecule has 1 aliphatic rings. The molecule has 1 N–H and O–H groups in total. The zero-order valence-electron chi connectivity index (χ0n) is 10.4. The zero-order valence-corrected chi connectivity index (χ0v) is 12.8. The molecule has 1 aromatic carbocycles. The molecular formula is C12H13BrFNO4S. The highest BCUT2D eigenvalue weighted by atomic mass is 79.9. The molecule has 0 atom stereocenters. The number of carboxylic acids is 1. The Labute approximate surface area is 124 Å². The van der Waals surface area contributed by atoms with E-state index in [1.165, 1.54) is 12.1 Å². The van der Waals surface area contributed by atoms with Crippen LogP contribution in [0, 0.1) is 11.7 Å². The zero-order chi connectivity index (χ0) is 14.9. The van der Waals surface area contributed by atoms with Crippen LogP contribution in [0.5, 0.6) is 0 Å². The van der Waals surface area contributed by atoms with Gasteiger partial charge in [-0.3, -0.25) is 4.79 Å². The Morgan fingerprint density at radius 1 is 1.35 bits per heavy atom. The van der Waals surface area contributed by atoms with Gasteiger partial charge in [0.15, 0.2) is 0 Å². The number of hydrogen-bond acceptors (Lipinski definition) is 3. The van der Waals surface area contributed by atoms with Crippen LogP contribution < -0.4 is 0 Å². The highest BCUT2D eigenvalue weighted by Crippen LogP contribution is 2.27. The molecule has 0 saturated carbocycles. The number of benzene rings is 1. The molecule has 0 aliphatic carbocycles. The van der Waals surface area contributed by atoms with Crippen molar-refractivity contribution in [1.29, 1.82) is 0 Å². The van der Waals surface area contributed by atoms with Crippen molar-refractivity contribution in [3.8, 4) is 0 Å². The van der Waals surface area contributed by atoms with Gasteiger partial charge in [-0.1, -0.05) is 15.9 Å². The maximum absolute atomic E-state index is 13.7. The van der Waals surface area contributed by atoms with Crippen LogP contribution in [0.15, 0.2) is 27.6 Å². The van der Waals surface area contributed by atoms with Gasteiger partial charge in [0.2, 0.25) is 10.0 Å². The van der Waals surface area contributed by atoms with Gasteiger partial charge >= 0.3 is 5.97 Å². The van der Waals surface area contributed by atoms with Crippen LogP contribution in [-0.2, 0) is 14.8 Å². The lowest BCUT2D eigenvalue weighted by Crippen LogP contribution is -2.40. The Bertz CT molecular complexity index is 626. The monoisotopic (exact) mass is 365 g/mol. The lowest BCUT2D eigenvalue weighted by molar-refractivity contribution is -0.142. The number of piperidine rings is 1. The maximum Gasteiger partial charge on any atom is 0.306 e. The summed E-state index contributed by atoms with van der Waals surface area (Å²) in [6, 6.07) is 3.72. The van der Waals surface area contributed by atoms with E-state index in [1.807, 2.05) is 0 Å². The number of carboxylic acid groups (broad SMARTS) is 1. The van der Waals surface area contributed by atoms with E-state index in [4.69, 9.17) is 5.11 Å². The Kier molecular flexibility index (Phi) is 4.46. The fourth-order valence-electron chi connectivity index (χ4n) is 2.16. The molecule has 1 aliphatic heterocycles. The number of halogens is 2. The first kappa shape index (κ1) is 15.4. The van der Waals surface area contributed by atoms with Gasteiger partial charge in [0.25, 0.3) is 0 Å². The Morgan fingerprint density at radius 3 is 2.50 bits per heavy atom. The molecular weight excluding hydrogens is 353 g/mol. The largest absolute Gasteiger partial charge is 0.481 e. The molecule has 0 aromatic heterocycles. The van der Waals surface area contributed by atoms with Gasteiger partial charge < -0.3 is 5.11 Å². The predicted octanol–water partition coefficient (Wildman–Crippen LogP) is 2.07. The standard InChI is InChI=1S/C12H13BrFNO4S/c13-9-1-2-10(14)11(7-9)20(18,19)15-5-3-8(4-6-15)12(16)17/h1-2,7-8H,3-6H2,(H,16,17). The minimum Gasteiger partial charge on any atom is -0.481 e. The fourth-order valence-corrected chi connectivity index (χ4v) is 4.23. The molecule has 1 heterocycles. The Morgan fingerprint density at radius 2 is 1.95 bits per heavy atom. The molecule has 1 saturated heterocycles. The highest BCUT2D eigenvalue weighted by molar-refractivity contribution is 9.10. The van der Waals surface area contributed by atoms with Crippen molar-refractivity contribution in [1.82, 2.24) is 4.31 Å². The van der Waals surface area contributed by atoms with Crippen LogP contribution in [0.25, 0.3) is 0 Å². The number of rotatable bonds is 3. The molecule has 2 rings (SSSR count). The maximum atomic E-state index is 13.7. The first-order chi connectivity index (χ1) is 9.32. The summed E-state index contributed by atoms with van der Waals surface area (Å²) in [5.74, 6) is -2.27. The van der Waals surface area contributed by atoms with Crippen LogP contribution in [0.2, 0.25) is 0 Å². The SMILES string of the molecule is O=C(O)C1CCN(S(=O)(=O)c2cc(Br)ccc2F)CC1. The van der Waals surface area contributed by atoms with Crippen LogP contribution in [-0.4, -0.2) is 36.9 Å². The van der Waals surface area contributed by atoms with Gasteiger partial charge in [0.05, 0.1) is 5.92 Å². The average Bonchev–Trinajstić information content (AvgIpc) is 2.41. The van der Waals surface area contributed by atoms with Crippen molar-refractivity contribution in [3.05, 3.63) is 28.5 Å². The number of hydrogen-bond donors (Lipinski definition) is 1. The summed E-state index contributed by atoms with van der Waals surface area (Å²) in [5, 5.41) is 8.89. The van der Waals surface area contributed by atoms with E-state index in [-0.39, 0.29) is 30.8 Å². The first-order valence-corrected chi connectivity index (χ1v) is 8.23. The third kappa shape index (κ3) is 3.02. The van der Waals surface area contributed by atoms with Gasteiger partial charge in [0, 0.05) is 17.6 Å². The van der Waals surface area contributed by atoms with E-state index in [2.05, 4.69) is 15.9 Å². The normalized spacial score (nSPS) is 18.1. The van der Waals surface area contributed by atoms with Gasteiger partial charge in [-0.05, 0) is 31.0 Å². The Balaban J connectivity index is 2.24. The molecule has 8 heteroatoms. The van der Waals surface area contributed by atoms with Crippen molar-refractivity contribution < 1.29 is 22.7 Å². The van der Waals surface area contributed by atoms with Crippen molar-refractivity contribution in [2.45, 2.75) is 17.7 Å². The second kappa shape index (κ2) is 5.79. The molecule has 110 valence electrons. The third-order valence-corrected chi connectivity index (χ3v) is 5.72. The smallest absolute Gasteiger partial charge is 0.306 e. The van der Waals surface area contributed by atoms with E-state index in [1.54, 1.807) is 0 Å². The molecule has 0 unspecified atom stereocenters. The highest BCUT2D eigenvalue weighted by Gasteiger charge is 2.33. The van der Waals surface area contributed by atoms with Crippen molar-refractivity contribution in [2.24, 2.45) is 5.92 Å². The lowest BCUT2D eigenvalue weighted by atomic mass is 9.99. The van der Waals surface area contributed by atoms with Crippen LogP contribution in [0.3, 0.4) is 0 Å². The van der Waals surface area contributed by atoms with E-state index in [0.29, 0.717) is 4.47 Å². The quantitative estimate of drug-likeness (QED) is 0.889. The minimum absolute atomic E-state index is 0.0885. The predicted molar refractivity (Wildman–Crippen MR) is 73.2 cm³/mol. The van der Waals surface area contributed by atoms with Gasteiger partial charge in [-0.15, -0.1) is 0 Å². The molecule has 20 heavy (non-hydrogen) atoms. The molecule has 1 fully saturated rings. The third-order valence-electron chi connectivity index (χ3n) is 3.31. The van der Waals surface area contributed by atoms with E-state index in [9.17, 15) is 17.6 Å². The first-order valence-electron chi connectivity index (χ1n) is 6.00. The summed E-state index contributed by atoms with van der Waals surface area (Å²) in [5.41, 5.74) is 0. The van der Waals surface area contributed by atoms with Crippen LogP contribution in [0.4, 0.5) is 4.39 Å². The summed E-state index contributed by atoms with van der Waals surface area (Å²) < 4.78 is 40.0. The summed E-state index contributed by atoms with van der Waals surface area (Å²) in [7, 11) is -3.93. The molecule has 0 bridgehead atoms. The number of aliphatic carboxylic acids is 1. The van der Waals surface area contributed by atoms with Crippen LogP contribution in [0.1, 0.15) is 12.8 Å².